The van der Waals surface area contributed by atoms with Crippen LogP contribution in [-0.2, 0) is 13.9 Å². The molecule has 0 unspecified atom stereocenters. The highest BCUT2D eigenvalue weighted by molar-refractivity contribution is 6.74. The molecule has 1 aliphatic heterocycles. The molecule has 2 fully saturated rings. The van der Waals surface area contributed by atoms with Gasteiger partial charge in [0.25, 0.3) is 0 Å². The van der Waals surface area contributed by atoms with Crippen molar-refractivity contribution < 1.29 is 19.0 Å². The van der Waals surface area contributed by atoms with Crippen LogP contribution in [-0.4, -0.2) is 44.1 Å². The molecule has 1 N–H and O–H groups in total. The number of rotatable bonds is 3. The van der Waals surface area contributed by atoms with Crippen molar-refractivity contribution in [1.29, 1.82) is 0 Å². The molecular weight excluding hydrogens is 308 g/mol. The first-order valence-corrected chi connectivity index (χ1v) is 11.3. The summed E-state index contributed by atoms with van der Waals surface area (Å²) in [6.07, 6.45) is 2.13. The first-order chi connectivity index (χ1) is 10.4. The molecule has 0 bridgehead atoms. The Bertz CT molecular complexity index is 502. The molecule has 0 radical (unpaired) electrons. The van der Waals surface area contributed by atoms with Crippen LogP contribution in [0.15, 0.2) is 23.8 Å². The Hall–Kier alpha value is -0.463. The summed E-state index contributed by atoms with van der Waals surface area (Å²) in [5.41, 5.74) is 1.93. The van der Waals surface area contributed by atoms with E-state index in [4.69, 9.17) is 13.9 Å². The maximum absolute atomic E-state index is 9.31. The lowest BCUT2D eigenvalue weighted by Crippen LogP contribution is -2.51. The van der Waals surface area contributed by atoms with Crippen molar-refractivity contribution in [2.45, 2.75) is 83.3 Å². The number of fused-ring (bicyclic) bond motifs is 1. The summed E-state index contributed by atoms with van der Waals surface area (Å²) in [6, 6.07) is 0. The normalized spacial score (nSPS) is 33.1. The topological polar surface area (TPSA) is 47.9 Å². The van der Waals surface area contributed by atoms with Gasteiger partial charge in [-0.1, -0.05) is 33.4 Å². The molecule has 1 saturated carbocycles. The standard InChI is InChI=1S/C18H32O4Si/c1-12-13(9-10-19)11-14(22-23(7,8)17(2,3)4)16-15(12)20-18(5,6)21-16/h9,14-16,19H,1,10-11H2,2-8H3/b13-9-/t14-,15-,16-/m1/s1. The molecule has 3 atom stereocenters. The Morgan fingerprint density at radius 2 is 1.96 bits per heavy atom. The molecule has 1 aliphatic carbocycles. The minimum atomic E-state index is -1.93. The van der Waals surface area contributed by atoms with Crippen LogP contribution in [0.2, 0.25) is 18.1 Å². The molecule has 2 rings (SSSR count). The quantitative estimate of drug-likeness (QED) is 0.794. The van der Waals surface area contributed by atoms with E-state index in [2.05, 4.69) is 40.4 Å². The predicted octanol–water partition coefficient (Wildman–Crippen LogP) is 3.78. The first kappa shape index (κ1) is 18.9. The van der Waals surface area contributed by atoms with E-state index in [1.54, 1.807) is 0 Å². The third-order valence-corrected chi connectivity index (χ3v) is 9.77. The van der Waals surface area contributed by atoms with E-state index in [-0.39, 0.29) is 30.0 Å². The van der Waals surface area contributed by atoms with Gasteiger partial charge in [-0.05, 0) is 43.1 Å². The average molecular weight is 341 g/mol. The smallest absolute Gasteiger partial charge is 0.192 e. The number of aliphatic hydroxyl groups is 1. The molecule has 5 heteroatoms. The van der Waals surface area contributed by atoms with E-state index in [9.17, 15) is 5.11 Å². The Morgan fingerprint density at radius 1 is 1.35 bits per heavy atom. The zero-order chi connectivity index (χ0) is 17.6. The highest BCUT2D eigenvalue weighted by atomic mass is 28.4. The van der Waals surface area contributed by atoms with Crippen LogP contribution in [0.3, 0.4) is 0 Å². The second-order valence-electron chi connectivity index (χ2n) is 8.58. The lowest BCUT2D eigenvalue weighted by molar-refractivity contribution is -0.151. The van der Waals surface area contributed by atoms with Gasteiger partial charge in [-0.15, -0.1) is 0 Å². The van der Waals surface area contributed by atoms with Crippen LogP contribution >= 0.6 is 0 Å². The molecule has 4 nitrogen and oxygen atoms in total. The van der Waals surface area contributed by atoms with Crippen molar-refractivity contribution in [2.75, 3.05) is 6.61 Å². The van der Waals surface area contributed by atoms with Crippen molar-refractivity contribution in [3.8, 4) is 0 Å². The summed E-state index contributed by atoms with van der Waals surface area (Å²) in [4.78, 5) is 0. The second kappa shape index (κ2) is 6.12. The zero-order valence-electron chi connectivity index (χ0n) is 15.6. The number of hydrogen-bond acceptors (Lipinski definition) is 4. The van der Waals surface area contributed by atoms with E-state index >= 15 is 0 Å². The summed E-state index contributed by atoms with van der Waals surface area (Å²) >= 11 is 0. The Kier molecular flexibility index (Phi) is 5.02. The number of ether oxygens (including phenoxy) is 2. The lowest BCUT2D eigenvalue weighted by Gasteiger charge is -2.43. The SMILES string of the molecule is C=C1/C(=C\CO)C[C@@H](O[Si](C)(C)C(C)(C)C)[C@H]2OC(C)(C)O[C@H]12. The van der Waals surface area contributed by atoms with Crippen LogP contribution in [0.4, 0.5) is 0 Å². The molecule has 1 heterocycles. The maximum Gasteiger partial charge on any atom is 0.192 e. The molecule has 132 valence electrons. The highest BCUT2D eigenvalue weighted by Gasteiger charge is 2.52. The Balaban J connectivity index is 2.30. The van der Waals surface area contributed by atoms with Crippen molar-refractivity contribution in [3.05, 3.63) is 23.8 Å². The molecule has 0 spiro atoms. The van der Waals surface area contributed by atoms with Gasteiger partial charge in [0.2, 0.25) is 0 Å². The molecule has 0 amide bonds. The maximum atomic E-state index is 9.31. The van der Waals surface area contributed by atoms with Gasteiger partial charge in [0.05, 0.1) is 12.7 Å². The Morgan fingerprint density at radius 3 is 2.48 bits per heavy atom. The van der Waals surface area contributed by atoms with Crippen LogP contribution in [0, 0.1) is 0 Å². The van der Waals surface area contributed by atoms with Gasteiger partial charge in [-0.2, -0.15) is 0 Å². The van der Waals surface area contributed by atoms with Gasteiger partial charge in [-0.3, -0.25) is 0 Å². The first-order valence-electron chi connectivity index (χ1n) is 8.40. The van der Waals surface area contributed by atoms with Gasteiger partial charge < -0.3 is 19.0 Å². The molecular formula is C18H32O4Si. The monoisotopic (exact) mass is 340 g/mol. The fraction of sp³-hybridized carbons (Fsp3) is 0.778. The van der Waals surface area contributed by atoms with E-state index in [0.29, 0.717) is 6.42 Å². The van der Waals surface area contributed by atoms with Crippen LogP contribution in [0.1, 0.15) is 41.0 Å². The molecule has 23 heavy (non-hydrogen) atoms. The van der Waals surface area contributed by atoms with Gasteiger partial charge in [-0.25, -0.2) is 0 Å². The van der Waals surface area contributed by atoms with Crippen LogP contribution in [0.5, 0.6) is 0 Å². The summed E-state index contributed by atoms with van der Waals surface area (Å²) in [5, 5.41) is 9.44. The predicted molar refractivity (Wildman–Crippen MR) is 94.8 cm³/mol. The van der Waals surface area contributed by atoms with Crippen molar-refractivity contribution >= 4 is 8.32 Å². The number of hydrogen-bond donors (Lipinski definition) is 1. The molecule has 1 saturated heterocycles. The van der Waals surface area contributed by atoms with Crippen LogP contribution in [0.25, 0.3) is 0 Å². The average Bonchev–Trinajstić information content (AvgIpc) is 2.70. The third-order valence-electron chi connectivity index (χ3n) is 5.26. The van der Waals surface area contributed by atoms with Crippen LogP contribution < -0.4 is 0 Å². The second-order valence-corrected chi connectivity index (χ2v) is 13.3. The van der Waals surface area contributed by atoms with Crippen molar-refractivity contribution in [1.82, 2.24) is 0 Å². The van der Waals surface area contributed by atoms with Crippen molar-refractivity contribution in [3.63, 3.8) is 0 Å². The highest BCUT2D eigenvalue weighted by Crippen LogP contribution is 2.45. The van der Waals surface area contributed by atoms with Gasteiger partial charge >= 0.3 is 0 Å². The summed E-state index contributed by atoms with van der Waals surface area (Å²) in [6.45, 7) is 19.2. The summed E-state index contributed by atoms with van der Waals surface area (Å²) in [5.74, 6) is -0.637. The zero-order valence-corrected chi connectivity index (χ0v) is 16.6. The van der Waals surface area contributed by atoms with E-state index in [0.717, 1.165) is 11.1 Å². The minimum Gasteiger partial charge on any atom is -0.411 e. The molecule has 2 aliphatic rings. The van der Waals surface area contributed by atoms with Crippen molar-refractivity contribution in [2.24, 2.45) is 0 Å². The third kappa shape index (κ3) is 3.80. The van der Waals surface area contributed by atoms with E-state index in [1.807, 2.05) is 19.9 Å². The van der Waals surface area contributed by atoms with Gasteiger partial charge in [0.15, 0.2) is 14.1 Å². The summed E-state index contributed by atoms with van der Waals surface area (Å²) in [7, 11) is -1.93. The molecule has 0 aromatic heterocycles. The van der Waals surface area contributed by atoms with Gasteiger partial charge in [0.1, 0.15) is 12.2 Å². The Labute approximate surface area is 141 Å². The fourth-order valence-corrected chi connectivity index (χ4v) is 4.29. The number of aliphatic hydroxyl groups excluding tert-OH is 1. The van der Waals surface area contributed by atoms with E-state index in [1.165, 1.54) is 0 Å². The fourth-order valence-electron chi connectivity index (χ4n) is 2.97. The largest absolute Gasteiger partial charge is 0.411 e. The van der Waals surface area contributed by atoms with E-state index < -0.39 is 14.1 Å². The minimum absolute atomic E-state index is 0.00278. The van der Waals surface area contributed by atoms with Gasteiger partial charge in [0, 0.05) is 6.42 Å². The summed E-state index contributed by atoms with van der Waals surface area (Å²) < 4.78 is 18.9. The molecule has 0 aromatic carbocycles. The molecule has 0 aromatic rings. The lowest BCUT2D eigenvalue weighted by atomic mass is 9.84.